The number of furan rings is 1. The molecule has 0 radical (unpaired) electrons. The van der Waals surface area contributed by atoms with Gasteiger partial charge in [-0.15, -0.1) is 0 Å². The highest BCUT2D eigenvalue weighted by molar-refractivity contribution is 5.90. The molecular weight excluding hydrogens is 442 g/mol. The third-order valence-corrected chi connectivity index (χ3v) is 6.65. The van der Waals surface area contributed by atoms with Gasteiger partial charge in [-0.25, -0.2) is 0 Å². The Hall–Kier alpha value is -3.48. The first kappa shape index (κ1) is 23.3. The predicted octanol–water partition coefficient (Wildman–Crippen LogP) is 6.11. The molecule has 3 aromatic carbocycles. The van der Waals surface area contributed by atoms with Crippen LogP contribution in [-0.2, 0) is 4.74 Å². The van der Waals surface area contributed by atoms with Crippen molar-refractivity contribution in [2.45, 2.75) is 25.4 Å². The van der Waals surface area contributed by atoms with Gasteiger partial charge in [0.05, 0.1) is 0 Å². The molecule has 0 aliphatic carbocycles. The van der Waals surface area contributed by atoms with Gasteiger partial charge in [-0.2, -0.15) is 0 Å². The van der Waals surface area contributed by atoms with E-state index in [2.05, 4.69) is 4.90 Å². The van der Waals surface area contributed by atoms with Crippen LogP contribution >= 0.6 is 0 Å². The third kappa shape index (κ3) is 5.14. The normalized spacial score (nSPS) is 15.3. The fraction of sp³-hybridized carbons (Fsp3) is 0.310. The number of phenolic OH excluding ortho intramolecular Hbond substituents is 2. The Bertz CT molecular complexity index is 1260. The molecule has 1 saturated heterocycles. The predicted molar refractivity (Wildman–Crippen MR) is 136 cm³/mol. The number of piperidine rings is 1. The SMILES string of the molecule is COC(c1ccc(OCCN2CCCCC2)cc1)c1c(-c2ccc(O)cc2)oc2cc(O)ccc12. The van der Waals surface area contributed by atoms with Crippen molar-refractivity contribution in [3.05, 3.63) is 77.9 Å². The molecule has 0 spiro atoms. The summed E-state index contributed by atoms with van der Waals surface area (Å²) in [4.78, 5) is 2.46. The van der Waals surface area contributed by atoms with E-state index in [1.165, 1.54) is 19.3 Å². The molecule has 0 bridgehead atoms. The molecule has 1 aliphatic heterocycles. The van der Waals surface area contributed by atoms with Gasteiger partial charge in [-0.1, -0.05) is 18.6 Å². The molecule has 5 rings (SSSR count). The number of nitrogens with zero attached hydrogens (tertiary/aromatic N) is 1. The molecule has 0 saturated carbocycles. The Balaban J connectivity index is 1.42. The van der Waals surface area contributed by atoms with E-state index in [4.69, 9.17) is 13.9 Å². The maximum Gasteiger partial charge on any atom is 0.141 e. The fourth-order valence-corrected chi connectivity index (χ4v) is 4.83. The molecular formula is C29H31NO5. The van der Waals surface area contributed by atoms with Crippen LogP contribution in [0.4, 0.5) is 0 Å². The summed E-state index contributed by atoms with van der Waals surface area (Å²) in [7, 11) is 1.67. The summed E-state index contributed by atoms with van der Waals surface area (Å²) in [6, 6.07) is 20.0. The first-order chi connectivity index (χ1) is 17.1. The summed E-state index contributed by atoms with van der Waals surface area (Å²) in [5.41, 5.74) is 3.22. The van der Waals surface area contributed by atoms with Crippen molar-refractivity contribution in [2.75, 3.05) is 33.4 Å². The number of aromatic hydroxyl groups is 2. The minimum atomic E-state index is -0.396. The number of rotatable bonds is 8. The topological polar surface area (TPSA) is 75.3 Å². The van der Waals surface area contributed by atoms with E-state index in [1.807, 2.05) is 42.5 Å². The first-order valence-electron chi connectivity index (χ1n) is 12.1. The summed E-state index contributed by atoms with van der Waals surface area (Å²) in [6.45, 7) is 3.95. The van der Waals surface area contributed by atoms with Gasteiger partial charge in [0, 0.05) is 36.2 Å². The average Bonchev–Trinajstić information content (AvgIpc) is 3.25. The highest BCUT2D eigenvalue weighted by Gasteiger charge is 2.25. The molecule has 1 unspecified atom stereocenters. The van der Waals surface area contributed by atoms with Crippen LogP contribution in [0.15, 0.2) is 71.1 Å². The number of ether oxygens (including phenoxy) is 2. The van der Waals surface area contributed by atoms with E-state index in [0.717, 1.165) is 47.5 Å². The lowest BCUT2D eigenvalue weighted by Gasteiger charge is -2.26. The van der Waals surface area contributed by atoms with Gasteiger partial charge < -0.3 is 24.1 Å². The zero-order valence-corrected chi connectivity index (χ0v) is 19.9. The maximum absolute atomic E-state index is 9.99. The molecule has 35 heavy (non-hydrogen) atoms. The lowest BCUT2D eigenvalue weighted by Crippen LogP contribution is -2.33. The second kappa shape index (κ2) is 10.4. The lowest BCUT2D eigenvalue weighted by molar-refractivity contribution is 0.137. The maximum atomic E-state index is 9.99. The van der Waals surface area contributed by atoms with Crippen molar-refractivity contribution in [1.29, 1.82) is 0 Å². The van der Waals surface area contributed by atoms with Gasteiger partial charge in [-0.3, -0.25) is 4.90 Å². The smallest absolute Gasteiger partial charge is 0.141 e. The van der Waals surface area contributed by atoms with Gasteiger partial charge in [-0.05, 0) is 80.0 Å². The minimum Gasteiger partial charge on any atom is -0.508 e. The summed E-state index contributed by atoms with van der Waals surface area (Å²) in [6.07, 6.45) is 3.50. The van der Waals surface area contributed by atoms with E-state index in [0.29, 0.717) is 18.0 Å². The summed E-state index contributed by atoms with van der Waals surface area (Å²) in [5, 5.41) is 20.6. The van der Waals surface area contributed by atoms with Crippen LogP contribution in [0, 0.1) is 0 Å². The second-order valence-corrected chi connectivity index (χ2v) is 9.01. The monoisotopic (exact) mass is 473 g/mol. The zero-order valence-electron chi connectivity index (χ0n) is 19.9. The van der Waals surface area contributed by atoms with Crippen LogP contribution < -0.4 is 4.74 Å². The molecule has 0 amide bonds. The van der Waals surface area contributed by atoms with E-state index >= 15 is 0 Å². The van der Waals surface area contributed by atoms with Crippen molar-refractivity contribution < 1.29 is 24.1 Å². The van der Waals surface area contributed by atoms with Crippen molar-refractivity contribution in [3.8, 4) is 28.6 Å². The Morgan fingerprint density at radius 1 is 0.886 bits per heavy atom. The van der Waals surface area contributed by atoms with Gasteiger partial charge in [0.2, 0.25) is 0 Å². The van der Waals surface area contributed by atoms with E-state index in [1.54, 1.807) is 31.4 Å². The standard InChI is InChI=1S/C29H31NO5/c1-33-28(20-7-12-24(13-8-20)34-18-17-30-15-3-2-4-16-30)27-25-14-11-23(32)19-26(25)35-29(27)21-5-9-22(31)10-6-21/h5-14,19,28,31-32H,2-4,15-18H2,1H3. The largest absolute Gasteiger partial charge is 0.508 e. The zero-order chi connectivity index (χ0) is 24.2. The first-order valence-corrected chi connectivity index (χ1v) is 12.1. The van der Waals surface area contributed by atoms with Crippen LogP contribution in [0.25, 0.3) is 22.3 Å². The van der Waals surface area contributed by atoms with E-state index in [-0.39, 0.29) is 11.5 Å². The molecule has 1 fully saturated rings. The number of methoxy groups -OCH3 is 1. The number of hydrogen-bond donors (Lipinski definition) is 2. The molecule has 182 valence electrons. The highest BCUT2D eigenvalue weighted by atomic mass is 16.5. The number of phenols is 2. The van der Waals surface area contributed by atoms with Crippen LogP contribution in [0.5, 0.6) is 17.2 Å². The van der Waals surface area contributed by atoms with Crippen molar-refractivity contribution >= 4 is 11.0 Å². The van der Waals surface area contributed by atoms with Crippen molar-refractivity contribution in [2.24, 2.45) is 0 Å². The van der Waals surface area contributed by atoms with E-state index in [9.17, 15) is 10.2 Å². The molecule has 1 aliphatic rings. The number of likely N-dealkylation sites (tertiary alicyclic amines) is 1. The molecule has 6 heteroatoms. The highest BCUT2D eigenvalue weighted by Crippen LogP contribution is 2.42. The van der Waals surface area contributed by atoms with Gasteiger partial charge in [0.15, 0.2) is 0 Å². The average molecular weight is 474 g/mol. The number of benzene rings is 3. The minimum absolute atomic E-state index is 0.134. The fourth-order valence-electron chi connectivity index (χ4n) is 4.83. The van der Waals surface area contributed by atoms with E-state index < -0.39 is 6.10 Å². The third-order valence-electron chi connectivity index (χ3n) is 6.65. The molecule has 1 atom stereocenters. The Kier molecular flexibility index (Phi) is 6.93. The number of fused-ring (bicyclic) bond motifs is 1. The van der Waals surface area contributed by atoms with Crippen LogP contribution in [0.3, 0.4) is 0 Å². The van der Waals surface area contributed by atoms with Gasteiger partial charge in [0.1, 0.15) is 41.3 Å². The summed E-state index contributed by atoms with van der Waals surface area (Å²) in [5.74, 6) is 1.79. The van der Waals surface area contributed by atoms with Gasteiger partial charge in [0.25, 0.3) is 0 Å². The van der Waals surface area contributed by atoms with Gasteiger partial charge >= 0.3 is 0 Å². The Morgan fingerprint density at radius 2 is 1.60 bits per heavy atom. The lowest BCUT2D eigenvalue weighted by atomic mass is 9.95. The Labute approximate surface area is 205 Å². The summed E-state index contributed by atoms with van der Waals surface area (Å²) < 4.78 is 18.2. The molecule has 2 N–H and O–H groups in total. The molecule has 2 heterocycles. The molecule has 4 aromatic rings. The summed E-state index contributed by atoms with van der Waals surface area (Å²) >= 11 is 0. The Morgan fingerprint density at radius 3 is 2.31 bits per heavy atom. The van der Waals surface area contributed by atoms with Crippen LogP contribution in [0.1, 0.15) is 36.5 Å². The second-order valence-electron chi connectivity index (χ2n) is 9.01. The van der Waals surface area contributed by atoms with Crippen LogP contribution in [0.2, 0.25) is 0 Å². The number of hydrogen-bond acceptors (Lipinski definition) is 6. The quantitative estimate of drug-likeness (QED) is 0.322. The molecule has 6 nitrogen and oxygen atoms in total. The van der Waals surface area contributed by atoms with Crippen molar-refractivity contribution in [3.63, 3.8) is 0 Å². The van der Waals surface area contributed by atoms with Crippen molar-refractivity contribution in [1.82, 2.24) is 4.90 Å². The molecule has 1 aromatic heterocycles. The van der Waals surface area contributed by atoms with Crippen LogP contribution in [-0.4, -0.2) is 48.5 Å².